The second-order valence-electron chi connectivity index (χ2n) is 7.80. The fourth-order valence-electron chi connectivity index (χ4n) is 5.49. The molecule has 2 fully saturated rings. The van der Waals surface area contributed by atoms with Crippen molar-refractivity contribution >= 4 is 5.78 Å². The summed E-state index contributed by atoms with van der Waals surface area (Å²) in [6, 6.07) is 3.81. The molecule has 27 heavy (non-hydrogen) atoms. The van der Waals surface area contributed by atoms with Crippen molar-refractivity contribution in [2.24, 2.45) is 17.3 Å². The number of Topliss-reactive ketones (excluding diaryl/α,β-unsaturated/α-hetero) is 1. The first-order valence-corrected chi connectivity index (χ1v) is 9.31. The number of ether oxygens (including phenoxy) is 4. The molecule has 0 spiro atoms. The van der Waals surface area contributed by atoms with E-state index in [1.54, 1.807) is 14.2 Å². The van der Waals surface area contributed by atoms with Gasteiger partial charge >= 0.3 is 0 Å². The number of benzene rings is 1. The number of aliphatic hydroxyl groups is 1. The summed E-state index contributed by atoms with van der Waals surface area (Å²) in [4.78, 5) is 13.1. The molecule has 0 unspecified atom stereocenters. The average Bonchev–Trinajstić information content (AvgIpc) is 3.19. The summed E-state index contributed by atoms with van der Waals surface area (Å²) in [6.45, 7) is 6.14. The first-order chi connectivity index (χ1) is 13.0. The van der Waals surface area contributed by atoms with Crippen molar-refractivity contribution in [2.75, 3.05) is 21.0 Å². The Bertz CT molecular complexity index is 774. The second-order valence-corrected chi connectivity index (χ2v) is 7.80. The van der Waals surface area contributed by atoms with Gasteiger partial charge in [0.15, 0.2) is 17.3 Å². The summed E-state index contributed by atoms with van der Waals surface area (Å²) >= 11 is 0. The zero-order chi connectivity index (χ0) is 19.3. The number of hydrogen-bond donors (Lipinski definition) is 1. The van der Waals surface area contributed by atoms with Crippen LogP contribution in [0.5, 0.6) is 17.2 Å². The quantitative estimate of drug-likeness (QED) is 0.799. The minimum Gasteiger partial charge on any atom is -0.493 e. The Morgan fingerprint density at radius 2 is 2.11 bits per heavy atom. The molecule has 146 valence electrons. The molecule has 3 aliphatic rings. The van der Waals surface area contributed by atoms with Crippen molar-refractivity contribution in [2.45, 2.75) is 37.9 Å². The van der Waals surface area contributed by atoms with Crippen molar-refractivity contribution in [3.63, 3.8) is 0 Å². The van der Waals surface area contributed by atoms with Crippen molar-refractivity contribution in [3.05, 3.63) is 30.4 Å². The van der Waals surface area contributed by atoms with Gasteiger partial charge in [0.1, 0.15) is 6.10 Å². The van der Waals surface area contributed by atoms with Gasteiger partial charge in [0.25, 0.3) is 0 Å². The van der Waals surface area contributed by atoms with Crippen molar-refractivity contribution in [1.82, 2.24) is 0 Å². The molecule has 2 aliphatic carbocycles. The van der Waals surface area contributed by atoms with Gasteiger partial charge < -0.3 is 24.1 Å². The average molecular weight is 374 g/mol. The zero-order valence-corrected chi connectivity index (χ0v) is 15.9. The molecule has 6 heteroatoms. The van der Waals surface area contributed by atoms with Gasteiger partial charge in [-0.3, -0.25) is 4.79 Å². The molecule has 6 nitrogen and oxygen atoms in total. The maximum Gasteiger partial charge on any atom is 0.231 e. The third kappa shape index (κ3) is 2.43. The number of fused-ring (bicyclic) bond motifs is 3. The third-order valence-electron chi connectivity index (χ3n) is 6.85. The number of methoxy groups -OCH3 is 2. The molecule has 0 radical (unpaired) electrons. The smallest absolute Gasteiger partial charge is 0.231 e. The summed E-state index contributed by atoms with van der Waals surface area (Å²) in [5.41, 5.74) is 0.485. The Hall–Kier alpha value is -2.05. The van der Waals surface area contributed by atoms with Crippen LogP contribution in [0.25, 0.3) is 0 Å². The summed E-state index contributed by atoms with van der Waals surface area (Å²) < 4.78 is 22.0. The molecule has 2 saturated carbocycles. The number of rotatable bonds is 5. The van der Waals surface area contributed by atoms with Gasteiger partial charge in [-0.15, -0.1) is 6.58 Å². The van der Waals surface area contributed by atoms with E-state index in [1.807, 2.05) is 18.2 Å². The van der Waals surface area contributed by atoms with Crippen LogP contribution < -0.4 is 14.2 Å². The predicted octanol–water partition coefficient (Wildman–Crippen LogP) is 2.68. The lowest BCUT2D eigenvalue weighted by Gasteiger charge is -2.42. The van der Waals surface area contributed by atoms with E-state index in [2.05, 4.69) is 13.5 Å². The van der Waals surface area contributed by atoms with Crippen LogP contribution in [0.3, 0.4) is 0 Å². The van der Waals surface area contributed by atoms with Crippen molar-refractivity contribution in [1.29, 1.82) is 0 Å². The molecule has 0 aromatic heterocycles. The molecule has 0 amide bonds. The molecular formula is C21H26O6. The zero-order valence-electron chi connectivity index (χ0n) is 15.9. The van der Waals surface area contributed by atoms with Gasteiger partial charge in [0.2, 0.25) is 12.5 Å². The van der Waals surface area contributed by atoms with Gasteiger partial charge in [-0.05, 0) is 42.4 Å². The van der Waals surface area contributed by atoms with E-state index in [9.17, 15) is 9.90 Å². The molecule has 1 aliphatic heterocycles. The molecule has 1 N–H and O–H groups in total. The van der Waals surface area contributed by atoms with E-state index in [4.69, 9.17) is 18.9 Å². The SMILES string of the molecule is C=CC[C@@]12C[C@H](OC)C(=O)[C@@H]([C@H](c3cc(OC)c4c(c3)OCO4)[C@H]1C)[C@@H]2O. The number of hydrogen-bond acceptors (Lipinski definition) is 6. The monoisotopic (exact) mass is 374 g/mol. The Morgan fingerprint density at radius 1 is 1.33 bits per heavy atom. The van der Waals surface area contributed by atoms with Crippen LogP contribution >= 0.6 is 0 Å². The molecule has 1 aromatic rings. The van der Waals surface area contributed by atoms with Crippen molar-refractivity contribution in [3.8, 4) is 17.2 Å². The van der Waals surface area contributed by atoms with Gasteiger partial charge in [0, 0.05) is 12.5 Å². The molecule has 1 heterocycles. The van der Waals surface area contributed by atoms with Gasteiger partial charge in [-0.2, -0.15) is 0 Å². The molecule has 6 atom stereocenters. The summed E-state index contributed by atoms with van der Waals surface area (Å²) in [5.74, 6) is 1.12. The van der Waals surface area contributed by atoms with E-state index in [0.29, 0.717) is 30.1 Å². The largest absolute Gasteiger partial charge is 0.493 e. The normalized spacial score (nSPS) is 36.7. The van der Waals surface area contributed by atoms with E-state index in [-0.39, 0.29) is 24.4 Å². The number of allylic oxidation sites excluding steroid dienone is 1. The van der Waals surface area contributed by atoms with Crippen LogP contribution in [0.4, 0.5) is 0 Å². The fourth-order valence-corrected chi connectivity index (χ4v) is 5.49. The lowest BCUT2D eigenvalue weighted by atomic mass is 9.66. The lowest BCUT2D eigenvalue weighted by Crippen LogP contribution is -2.50. The van der Waals surface area contributed by atoms with Crippen LogP contribution in [-0.4, -0.2) is 44.1 Å². The highest BCUT2D eigenvalue weighted by Gasteiger charge is 2.65. The van der Waals surface area contributed by atoms with E-state index in [1.165, 1.54) is 0 Å². The van der Waals surface area contributed by atoms with Crippen LogP contribution in [-0.2, 0) is 9.53 Å². The summed E-state index contributed by atoms with van der Waals surface area (Å²) in [7, 11) is 3.14. The highest BCUT2D eigenvalue weighted by atomic mass is 16.7. The first-order valence-electron chi connectivity index (χ1n) is 9.31. The molecular weight excluding hydrogens is 348 g/mol. The number of ketones is 1. The Kier molecular flexibility index (Phi) is 4.43. The summed E-state index contributed by atoms with van der Waals surface area (Å²) in [5, 5.41) is 11.2. The molecule has 0 saturated heterocycles. The van der Waals surface area contributed by atoms with Crippen molar-refractivity contribution < 1.29 is 28.8 Å². The molecule has 4 rings (SSSR count). The van der Waals surface area contributed by atoms with Gasteiger partial charge in [0.05, 0.1) is 19.1 Å². The Balaban J connectivity index is 1.84. The molecule has 1 aromatic carbocycles. The van der Waals surface area contributed by atoms with Crippen LogP contribution in [0.2, 0.25) is 0 Å². The number of aliphatic hydroxyl groups excluding tert-OH is 1. The van der Waals surface area contributed by atoms with E-state index >= 15 is 0 Å². The van der Waals surface area contributed by atoms with Crippen LogP contribution in [0.15, 0.2) is 24.8 Å². The fraction of sp³-hybridized carbons (Fsp3) is 0.571. The van der Waals surface area contributed by atoms with Gasteiger partial charge in [-0.1, -0.05) is 13.0 Å². The van der Waals surface area contributed by atoms with E-state index < -0.39 is 23.5 Å². The van der Waals surface area contributed by atoms with Crippen LogP contribution in [0.1, 0.15) is 31.2 Å². The lowest BCUT2D eigenvalue weighted by molar-refractivity contribution is -0.149. The minimum atomic E-state index is -0.731. The highest BCUT2D eigenvalue weighted by Crippen LogP contribution is 2.63. The number of carbonyl (C=O) groups excluding carboxylic acids is 1. The molecule has 2 bridgehead atoms. The third-order valence-corrected chi connectivity index (χ3v) is 6.85. The minimum absolute atomic E-state index is 0.0318. The van der Waals surface area contributed by atoms with Gasteiger partial charge in [-0.25, -0.2) is 0 Å². The summed E-state index contributed by atoms with van der Waals surface area (Å²) in [6.07, 6.45) is 1.75. The number of carbonyl (C=O) groups is 1. The standard InChI is InChI=1S/C21H26O6/c1-5-6-21-9-15(25-4)18(22)17(20(21)23)16(11(21)2)12-7-13(24-3)19-14(8-12)26-10-27-19/h5,7-8,11,15-17,20,23H,1,6,9-10H2,2-4H3/t11-,15+,16+,17-,20+,21-/m1/s1. The highest BCUT2D eigenvalue weighted by molar-refractivity contribution is 5.89. The first kappa shape index (κ1) is 18.3. The van der Waals surface area contributed by atoms with E-state index in [0.717, 1.165) is 5.56 Å². The topological polar surface area (TPSA) is 74.2 Å². The Labute approximate surface area is 159 Å². The second kappa shape index (κ2) is 6.53. The Morgan fingerprint density at radius 3 is 2.78 bits per heavy atom. The maximum atomic E-state index is 13.1. The maximum absolute atomic E-state index is 13.1. The van der Waals surface area contributed by atoms with Crippen LogP contribution in [0, 0.1) is 17.3 Å². The predicted molar refractivity (Wildman–Crippen MR) is 98.2 cm³/mol.